The predicted octanol–water partition coefficient (Wildman–Crippen LogP) is 4.60. The molecule has 0 spiro atoms. The Bertz CT molecular complexity index is 944. The van der Waals surface area contributed by atoms with Crippen molar-refractivity contribution in [1.82, 2.24) is 20.1 Å². The number of carbonyl (C=O) groups excluding carboxylic acids is 1. The number of carbonyl (C=O) groups is 1. The molecule has 1 N–H and O–H groups in total. The molecular formula is C26H37BrN4O2. The smallest absolute Gasteiger partial charge is 0.252 e. The Balaban J connectivity index is 1.46. The highest BCUT2D eigenvalue weighted by atomic mass is 79.9. The van der Waals surface area contributed by atoms with Gasteiger partial charge in [-0.2, -0.15) is 0 Å². The van der Waals surface area contributed by atoms with Crippen molar-refractivity contribution in [2.24, 2.45) is 5.92 Å². The number of hydrogen-bond acceptors (Lipinski definition) is 5. The first-order valence-corrected chi connectivity index (χ1v) is 12.6. The van der Waals surface area contributed by atoms with Crippen molar-refractivity contribution in [1.29, 1.82) is 0 Å². The summed E-state index contributed by atoms with van der Waals surface area (Å²) in [5, 5.41) is 3.04. The van der Waals surface area contributed by atoms with Gasteiger partial charge in [0.15, 0.2) is 0 Å². The van der Waals surface area contributed by atoms with Crippen molar-refractivity contribution in [3.63, 3.8) is 0 Å². The molecule has 1 fully saturated rings. The van der Waals surface area contributed by atoms with Gasteiger partial charge in [0.1, 0.15) is 5.75 Å². The number of amides is 1. The van der Waals surface area contributed by atoms with Crippen LogP contribution in [0, 0.1) is 19.8 Å². The Kier molecular flexibility index (Phi) is 9.29. The van der Waals surface area contributed by atoms with Crippen molar-refractivity contribution in [2.45, 2.75) is 39.7 Å². The van der Waals surface area contributed by atoms with E-state index in [9.17, 15) is 4.79 Å². The van der Waals surface area contributed by atoms with Crippen molar-refractivity contribution in [3.05, 3.63) is 57.3 Å². The van der Waals surface area contributed by atoms with Gasteiger partial charge < -0.3 is 15.0 Å². The Labute approximate surface area is 206 Å². The summed E-state index contributed by atoms with van der Waals surface area (Å²) in [6.45, 7) is 11.1. The minimum Gasteiger partial charge on any atom is -0.493 e. The number of ether oxygens (including phenoxy) is 1. The van der Waals surface area contributed by atoms with Crippen LogP contribution in [-0.2, 0) is 0 Å². The van der Waals surface area contributed by atoms with Crippen molar-refractivity contribution >= 4 is 21.8 Å². The van der Waals surface area contributed by atoms with Crippen LogP contribution in [-0.4, -0.2) is 67.6 Å². The second-order valence-corrected chi connectivity index (χ2v) is 10.3. The number of unbranched alkanes of at least 4 members (excludes halogenated alkanes) is 1. The number of aromatic nitrogens is 1. The second kappa shape index (κ2) is 12.0. The monoisotopic (exact) mass is 516 g/mol. The summed E-state index contributed by atoms with van der Waals surface area (Å²) < 4.78 is 6.88. The van der Waals surface area contributed by atoms with E-state index in [1.165, 1.54) is 16.7 Å². The Morgan fingerprint density at radius 2 is 2.00 bits per heavy atom. The fraction of sp³-hybridized carbons (Fsp3) is 0.538. The Hall–Kier alpha value is -1.96. The van der Waals surface area contributed by atoms with E-state index < -0.39 is 0 Å². The topological polar surface area (TPSA) is 57.7 Å². The minimum absolute atomic E-state index is 0.0703. The first-order valence-electron chi connectivity index (χ1n) is 11.8. The van der Waals surface area contributed by atoms with Crippen molar-refractivity contribution in [3.8, 4) is 5.75 Å². The summed E-state index contributed by atoms with van der Waals surface area (Å²) in [5.41, 5.74) is 4.49. The molecule has 0 radical (unpaired) electrons. The molecule has 2 heterocycles. The van der Waals surface area contributed by atoms with E-state index in [2.05, 4.69) is 83.0 Å². The van der Waals surface area contributed by atoms with Crippen LogP contribution in [0.15, 0.2) is 35.1 Å². The molecule has 7 heteroatoms. The van der Waals surface area contributed by atoms with E-state index in [4.69, 9.17) is 4.74 Å². The molecule has 1 aromatic carbocycles. The van der Waals surface area contributed by atoms with E-state index in [0.29, 0.717) is 24.1 Å². The quantitative estimate of drug-likeness (QED) is 0.442. The number of benzene rings is 1. The van der Waals surface area contributed by atoms with Gasteiger partial charge >= 0.3 is 0 Å². The normalized spacial score (nSPS) is 15.4. The summed E-state index contributed by atoms with van der Waals surface area (Å²) in [6.07, 6.45) is 5.49. The minimum atomic E-state index is -0.0703. The van der Waals surface area contributed by atoms with Crippen LogP contribution in [0.1, 0.15) is 52.9 Å². The van der Waals surface area contributed by atoms with Crippen LogP contribution < -0.4 is 10.1 Å². The highest BCUT2D eigenvalue weighted by Crippen LogP contribution is 2.34. The lowest BCUT2D eigenvalue weighted by Gasteiger charge is -2.44. The lowest BCUT2D eigenvalue weighted by atomic mass is 9.91. The molecule has 1 saturated heterocycles. The molecule has 1 atom stereocenters. The first kappa shape index (κ1) is 25.7. The molecule has 0 saturated carbocycles. The average molecular weight is 518 g/mol. The van der Waals surface area contributed by atoms with Crippen LogP contribution in [0.25, 0.3) is 0 Å². The zero-order valence-electron chi connectivity index (χ0n) is 20.5. The largest absolute Gasteiger partial charge is 0.493 e. The van der Waals surface area contributed by atoms with Gasteiger partial charge in [0.05, 0.1) is 12.2 Å². The second-order valence-electron chi connectivity index (χ2n) is 9.36. The number of likely N-dealkylation sites (tertiary alicyclic amines) is 1. The van der Waals surface area contributed by atoms with Gasteiger partial charge in [-0.25, -0.2) is 0 Å². The van der Waals surface area contributed by atoms with E-state index >= 15 is 0 Å². The van der Waals surface area contributed by atoms with Gasteiger partial charge in [0.2, 0.25) is 0 Å². The van der Waals surface area contributed by atoms with Crippen LogP contribution in [0.5, 0.6) is 5.75 Å². The number of rotatable bonds is 11. The standard InChI is InChI=1S/C26H37BrN4O2/c1-18-19(2)25(33-11-7-6-10-30(4)5)9-8-24(18)20(3)31-16-21(17-31)13-29-26(32)22-12-23(27)15-28-14-22/h8-9,12,14-15,20-21H,6-7,10-11,13,16-17H2,1-5H3,(H,29,32). The SMILES string of the molecule is Cc1c(OCCCCN(C)C)ccc(C(C)N2CC(CNC(=O)c3cncc(Br)c3)C2)c1C. The summed E-state index contributed by atoms with van der Waals surface area (Å²) in [6, 6.07) is 6.49. The lowest BCUT2D eigenvalue weighted by Crippen LogP contribution is -2.52. The Morgan fingerprint density at radius 3 is 2.70 bits per heavy atom. The predicted molar refractivity (Wildman–Crippen MR) is 137 cm³/mol. The number of pyridine rings is 1. The third-order valence-corrected chi connectivity index (χ3v) is 6.97. The molecule has 1 aromatic heterocycles. The molecule has 1 amide bonds. The van der Waals surface area contributed by atoms with Gasteiger partial charge in [0, 0.05) is 48.5 Å². The van der Waals surface area contributed by atoms with Crippen LogP contribution >= 0.6 is 15.9 Å². The lowest BCUT2D eigenvalue weighted by molar-refractivity contribution is 0.0569. The molecular weight excluding hydrogens is 480 g/mol. The zero-order chi connectivity index (χ0) is 24.0. The zero-order valence-corrected chi connectivity index (χ0v) is 22.1. The number of nitrogens with zero attached hydrogens (tertiary/aromatic N) is 3. The van der Waals surface area contributed by atoms with Crippen molar-refractivity contribution in [2.75, 3.05) is 46.9 Å². The van der Waals surface area contributed by atoms with Crippen LogP contribution in [0.4, 0.5) is 0 Å². The van der Waals surface area contributed by atoms with Gasteiger partial charge in [0.25, 0.3) is 5.91 Å². The van der Waals surface area contributed by atoms with Gasteiger partial charge in [-0.05, 0) is 99.0 Å². The van der Waals surface area contributed by atoms with Gasteiger partial charge in [-0.1, -0.05) is 6.07 Å². The number of nitrogens with one attached hydrogen (secondary N) is 1. The fourth-order valence-electron chi connectivity index (χ4n) is 4.26. The molecule has 1 aliphatic rings. The third-order valence-electron chi connectivity index (χ3n) is 6.54. The molecule has 0 bridgehead atoms. The summed E-state index contributed by atoms with van der Waals surface area (Å²) in [7, 11) is 4.21. The maximum atomic E-state index is 12.3. The number of hydrogen-bond donors (Lipinski definition) is 1. The molecule has 33 heavy (non-hydrogen) atoms. The average Bonchev–Trinajstić information content (AvgIpc) is 2.74. The molecule has 2 aromatic rings. The van der Waals surface area contributed by atoms with Crippen LogP contribution in [0.2, 0.25) is 0 Å². The maximum Gasteiger partial charge on any atom is 0.252 e. The molecule has 6 nitrogen and oxygen atoms in total. The van der Waals surface area contributed by atoms with E-state index in [0.717, 1.165) is 49.3 Å². The fourth-order valence-corrected chi connectivity index (χ4v) is 4.63. The summed E-state index contributed by atoms with van der Waals surface area (Å²) in [4.78, 5) is 21.1. The molecule has 1 aliphatic heterocycles. The molecule has 3 rings (SSSR count). The van der Waals surface area contributed by atoms with E-state index in [1.54, 1.807) is 18.5 Å². The highest BCUT2D eigenvalue weighted by molar-refractivity contribution is 9.10. The van der Waals surface area contributed by atoms with E-state index in [-0.39, 0.29) is 5.91 Å². The molecule has 0 aliphatic carbocycles. The van der Waals surface area contributed by atoms with E-state index in [1.807, 2.05) is 0 Å². The molecule has 180 valence electrons. The highest BCUT2D eigenvalue weighted by Gasteiger charge is 2.32. The number of halogens is 1. The van der Waals surface area contributed by atoms with Gasteiger partial charge in [-0.15, -0.1) is 0 Å². The van der Waals surface area contributed by atoms with Crippen LogP contribution in [0.3, 0.4) is 0 Å². The first-order chi connectivity index (χ1) is 15.8. The van der Waals surface area contributed by atoms with Gasteiger partial charge in [-0.3, -0.25) is 14.7 Å². The van der Waals surface area contributed by atoms with Crippen molar-refractivity contribution < 1.29 is 9.53 Å². The Morgan fingerprint density at radius 1 is 1.24 bits per heavy atom. The maximum absolute atomic E-state index is 12.3. The summed E-state index contributed by atoms with van der Waals surface area (Å²) in [5.74, 6) is 1.40. The molecule has 1 unspecified atom stereocenters. The third kappa shape index (κ3) is 7.01. The summed E-state index contributed by atoms with van der Waals surface area (Å²) >= 11 is 3.36.